The van der Waals surface area contributed by atoms with Crippen molar-refractivity contribution in [3.63, 3.8) is 0 Å². The van der Waals surface area contributed by atoms with Gasteiger partial charge in [0, 0.05) is 16.8 Å². The van der Waals surface area contributed by atoms with Gasteiger partial charge >= 0.3 is 0 Å². The lowest BCUT2D eigenvalue weighted by Crippen LogP contribution is -2.02. The molecule has 5 rings (SSSR count). The van der Waals surface area contributed by atoms with E-state index in [4.69, 9.17) is 9.98 Å². The smallest absolute Gasteiger partial charge is 0.159 e. The maximum absolute atomic E-state index is 4.98. The number of hydrogen-bond donors (Lipinski definition) is 0. The summed E-state index contributed by atoms with van der Waals surface area (Å²) in [5.41, 5.74) is 11.3. The monoisotopic (exact) mass is 426 g/mol. The zero-order valence-corrected chi connectivity index (χ0v) is 19.0. The molecule has 2 nitrogen and oxygen atoms in total. The molecule has 0 saturated heterocycles. The topological polar surface area (TPSA) is 24.7 Å². The van der Waals surface area contributed by atoms with Gasteiger partial charge in [-0.1, -0.05) is 97.6 Å². The quantitative estimate of drug-likeness (QED) is 0.207. The van der Waals surface area contributed by atoms with Crippen molar-refractivity contribution >= 4 is 17.2 Å². The Hall–Kier alpha value is -4.04. The molecular formula is C31H26N2. The maximum Gasteiger partial charge on any atom is 0.159 e. The van der Waals surface area contributed by atoms with E-state index in [1.165, 1.54) is 27.8 Å². The van der Waals surface area contributed by atoms with Crippen LogP contribution >= 0.6 is 0 Å². The summed E-state index contributed by atoms with van der Waals surface area (Å²) >= 11 is 0. The van der Waals surface area contributed by atoms with Gasteiger partial charge in [0.25, 0.3) is 0 Å². The fourth-order valence-electron chi connectivity index (χ4n) is 4.45. The van der Waals surface area contributed by atoms with Crippen LogP contribution in [0.25, 0.3) is 28.0 Å². The molecule has 0 atom stereocenters. The highest BCUT2D eigenvalue weighted by Gasteiger charge is 2.22. The van der Waals surface area contributed by atoms with Gasteiger partial charge < -0.3 is 0 Å². The molecule has 0 aromatic heterocycles. The second-order valence-electron chi connectivity index (χ2n) is 8.56. The Bertz CT molecular complexity index is 1400. The van der Waals surface area contributed by atoms with E-state index >= 15 is 0 Å². The van der Waals surface area contributed by atoms with Crippen molar-refractivity contribution in [1.29, 1.82) is 0 Å². The van der Waals surface area contributed by atoms with Crippen LogP contribution in [0.5, 0.6) is 0 Å². The lowest BCUT2D eigenvalue weighted by Gasteiger charge is -2.11. The van der Waals surface area contributed by atoms with Crippen LogP contribution in [0.15, 0.2) is 114 Å². The lowest BCUT2D eigenvalue weighted by atomic mass is 9.98. The van der Waals surface area contributed by atoms with Crippen LogP contribution in [0.4, 0.5) is 0 Å². The summed E-state index contributed by atoms with van der Waals surface area (Å²) < 4.78 is 0. The van der Waals surface area contributed by atoms with Gasteiger partial charge in [-0.05, 0) is 59.7 Å². The number of hydrogen-bond acceptors (Lipinski definition) is 1. The average Bonchev–Trinajstić information content (AvgIpc) is 3.23. The summed E-state index contributed by atoms with van der Waals surface area (Å²) in [5.74, 6) is 0.682. The van der Waals surface area contributed by atoms with E-state index in [1.807, 2.05) is 19.9 Å². The van der Waals surface area contributed by atoms with Crippen molar-refractivity contribution in [3.05, 3.63) is 126 Å². The molecule has 4 aromatic rings. The van der Waals surface area contributed by atoms with E-state index < -0.39 is 0 Å². The van der Waals surface area contributed by atoms with Gasteiger partial charge in [0.05, 0.1) is 5.70 Å². The SMILES string of the molecule is C=C(N=C(N=C(C)C)c1cccc(-c2ccccc2)c1)c1cccc2c1-c1ccccc1C2. The first kappa shape index (κ1) is 20.8. The molecule has 2 heteroatoms. The fraction of sp³-hybridized carbons (Fsp3) is 0.0968. The Kier molecular flexibility index (Phi) is 5.58. The lowest BCUT2D eigenvalue weighted by molar-refractivity contribution is 1.26. The molecule has 0 bridgehead atoms. The predicted molar refractivity (Wildman–Crippen MR) is 141 cm³/mol. The highest BCUT2D eigenvalue weighted by Crippen LogP contribution is 2.41. The summed E-state index contributed by atoms with van der Waals surface area (Å²) in [6, 6.07) is 33.8. The molecule has 1 aliphatic rings. The van der Waals surface area contributed by atoms with Crippen molar-refractivity contribution in [2.24, 2.45) is 9.98 Å². The summed E-state index contributed by atoms with van der Waals surface area (Å²) in [6.45, 7) is 8.36. The van der Waals surface area contributed by atoms with E-state index in [-0.39, 0.29) is 0 Å². The van der Waals surface area contributed by atoms with Crippen LogP contribution in [-0.4, -0.2) is 11.5 Å². The minimum absolute atomic E-state index is 0.682. The predicted octanol–water partition coefficient (Wildman–Crippen LogP) is 7.82. The number of fused-ring (bicyclic) bond motifs is 3. The second-order valence-corrected chi connectivity index (χ2v) is 8.56. The summed E-state index contributed by atoms with van der Waals surface area (Å²) in [7, 11) is 0. The van der Waals surface area contributed by atoms with E-state index in [0.717, 1.165) is 34.5 Å². The minimum Gasteiger partial charge on any atom is -0.238 e. The number of benzene rings is 4. The van der Waals surface area contributed by atoms with Gasteiger partial charge in [0.2, 0.25) is 0 Å². The van der Waals surface area contributed by atoms with Crippen molar-refractivity contribution in [2.75, 3.05) is 0 Å². The molecular weight excluding hydrogens is 400 g/mol. The Balaban J connectivity index is 1.59. The van der Waals surface area contributed by atoms with E-state index in [0.29, 0.717) is 5.84 Å². The third-order valence-corrected chi connectivity index (χ3v) is 5.93. The highest BCUT2D eigenvalue weighted by atomic mass is 14.9. The Morgan fingerprint density at radius 1 is 0.697 bits per heavy atom. The van der Waals surface area contributed by atoms with Crippen LogP contribution < -0.4 is 0 Å². The van der Waals surface area contributed by atoms with Crippen LogP contribution in [0.1, 0.15) is 36.1 Å². The molecule has 0 fully saturated rings. The normalized spacial score (nSPS) is 12.1. The fourth-order valence-corrected chi connectivity index (χ4v) is 4.45. The molecule has 0 spiro atoms. The minimum atomic E-state index is 0.682. The van der Waals surface area contributed by atoms with Crippen molar-refractivity contribution in [1.82, 2.24) is 0 Å². The Labute approximate surface area is 195 Å². The Morgan fingerprint density at radius 3 is 2.21 bits per heavy atom. The molecule has 0 N–H and O–H groups in total. The number of rotatable bonds is 4. The summed E-state index contributed by atoms with van der Waals surface area (Å²) in [6.07, 6.45) is 0.953. The molecule has 33 heavy (non-hydrogen) atoms. The number of nitrogens with zero attached hydrogens (tertiary/aromatic N) is 2. The van der Waals surface area contributed by atoms with Gasteiger partial charge in [-0.15, -0.1) is 0 Å². The standard InChI is InChI=1S/C31H26N2/c1-21(2)32-31(27-16-9-14-24(19-27)23-11-5-4-6-12-23)33-22(3)28-18-10-15-26-20-25-13-7-8-17-29(25)30(26)28/h4-19H,3,20H2,1-2H3. The first-order chi connectivity index (χ1) is 16.1. The maximum atomic E-state index is 4.98. The molecule has 0 amide bonds. The average molecular weight is 427 g/mol. The third kappa shape index (κ3) is 4.20. The van der Waals surface area contributed by atoms with Gasteiger partial charge in [-0.3, -0.25) is 0 Å². The molecule has 0 aliphatic heterocycles. The first-order valence-electron chi connectivity index (χ1n) is 11.3. The zero-order chi connectivity index (χ0) is 22.8. The van der Waals surface area contributed by atoms with Gasteiger partial charge in [0.15, 0.2) is 5.84 Å². The van der Waals surface area contributed by atoms with Crippen LogP contribution in [-0.2, 0) is 6.42 Å². The largest absolute Gasteiger partial charge is 0.238 e. The van der Waals surface area contributed by atoms with E-state index in [9.17, 15) is 0 Å². The van der Waals surface area contributed by atoms with Gasteiger partial charge in [0.1, 0.15) is 0 Å². The molecule has 1 aliphatic carbocycles. The second kappa shape index (κ2) is 8.84. The molecule has 0 radical (unpaired) electrons. The summed E-state index contributed by atoms with van der Waals surface area (Å²) in [4.78, 5) is 9.77. The van der Waals surface area contributed by atoms with Crippen molar-refractivity contribution < 1.29 is 0 Å². The third-order valence-electron chi connectivity index (χ3n) is 5.93. The summed E-state index contributed by atoms with van der Waals surface area (Å²) in [5, 5.41) is 0. The van der Waals surface area contributed by atoms with Gasteiger partial charge in [-0.2, -0.15) is 0 Å². The van der Waals surface area contributed by atoms with Crippen LogP contribution in [0, 0.1) is 0 Å². The van der Waals surface area contributed by atoms with Crippen LogP contribution in [0.2, 0.25) is 0 Å². The Morgan fingerprint density at radius 2 is 1.39 bits per heavy atom. The van der Waals surface area contributed by atoms with E-state index in [1.54, 1.807) is 0 Å². The number of amidine groups is 1. The van der Waals surface area contributed by atoms with Crippen molar-refractivity contribution in [2.45, 2.75) is 20.3 Å². The molecule has 160 valence electrons. The first-order valence-corrected chi connectivity index (χ1v) is 11.3. The zero-order valence-electron chi connectivity index (χ0n) is 19.0. The highest BCUT2D eigenvalue weighted by molar-refractivity contribution is 6.09. The molecule has 0 heterocycles. The molecule has 0 saturated carbocycles. The van der Waals surface area contributed by atoms with Crippen molar-refractivity contribution in [3.8, 4) is 22.3 Å². The number of aliphatic imine (C=N–C) groups is 2. The molecule has 0 unspecified atom stereocenters. The van der Waals surface area contributed by atoms with Gasteiger partial charge in [-0.25, -0.2) is 9.98 Å². The van der Waals surface area contributed by atoms with Crippen LogP contribution in [0.3, 0.4) is 0 Å². The van der Waals surface area contributed by atoms with E-state index in [2.05, 4.69) is 97.6 Å². The molecule has 4 aromatic carbocycles.